The van der Waals surface area contributed by atoms with E-state index in [1.54, 1.807) is 36.8 Å². The minimum absolute atomic E-state index is 0.0393. The van der Waals surface area contributed by atoms with Crippen molar-refractivity contribution in [3.05, 3.63) is 52.4 Å². The number of hydrogen-bond donors (Lipinski definition) is 4. The fraction of sp³-hybridized carbons (Fsp3) is 0.294. The molecule has 7 N–H and O–H groups in total. The van der Waals surface area contributed by atoms with Crippen LogP contribution < -0.4 is 27.7 Å². The summed E-state index contributed by atoms with van der Waals surface area (Å²) >= 11 is 0. The Hall–Kier alpha value is -3.27. The van der Waals surface area contributed by atoms with Crippen molar-refractivity contribution in [1.29, 1.82) is 0 Å². The molecule has 0 atom stereocenters. The molecule has 1 saturated carbocycles. The van der Waals surface area contributed by atoms with Gasteiger partial charge in [-0.25, -0.2) is 14.7 Å². The summed E-state index contributed by atoms with van der Waals surface area (Å²) in [6, 6.07) is 3.09. The molecule has 3 rings (SSSR count). The lowest BCUT2D eigenvalue weighted by atomic mass is 9.90. The number of aliphatic imine (C=N–C) groups is 2. The average Bonchev–Trinajstić information content (AvgIpc) is 2.61. The van der Waals surface area contributed by atoms with Gasteiger partial charge in [-0.2, -0.15) is 4.99 Å². The van der Waals surface area contributed by atoms with Gasteiger partial charge in [0, 0.05) is 25.5 Å². The van der Waals surface area contributed by atoms with E-state index in [-0.39, 0.29) is 34.5 Å². The van der Waals surface area contributed by atoms with Gasteiger partial charge in [0.1, 0.15) is 17.4 Å². The highest BCUT2D eigenvalue weighted by Crippen LogP contribution is 2.33. The SMILES string of the molecule is CNC1=CC(=Nc2cccn(C3CC(F)C3)c2=O)N=C(C(=CN)C(N)=O)[NH2+]1. The number of nitrogens with zero attached hydrogens (tertiary/aromatic N) is 3. The lowest BCUT2D eigenvalue weighted by Crippen LogP contribution is -2.90. The van der Waals surface area contributed by atoms with Crippen molar-refractivity contribution in [2.75, 3.05) is 7.05 Å². The number of halogens is 1. The Morgan fingerprint density at radius 1 is 1.52 bits per heavy atom. The highest BCUT2D eigenvalue weighted by molar-refractivity contribution is 6.20. The van der Waals surface area contributed by atoms with Gasteiger partial charge in [0.15, 0.2) is 5.84 Å². The van der Waals surface area contributed by atoms with Crippen LogP contribution in [0.1, 0.15) is 18.9 Å². The van der Waals surface area contributed by atoms with Gasteiger partial charge in [-0.15, -0.1) is 0 Å². The molecule has 9 nitrogen and oxygen atoms in total. The molecule has 1 aliphatic carbocycles. The molecule has 0 aromatic carbocycles. The number of carbonyl (C=O) groups is 1. The van der Waals surface area contributed by atoms with Crippen LogP contribution in [-0.2, 0) is 4.79 Å². The maximum Gasteiger partial charge on any atom is 0.276 e. The normalized spacial score (nSPS) is 24.1. The number of nitrogens with two attached hydrogens (primary N) is 3. The summed E-state index contributed by atoms with van der Waals surface area (Å²) in [5.74, 6) is 0.349. The molecular weight excluding hydrogens is 353 g/mol. The topological polar surface area (TPSA) is 144 Å². The molecule has 27 heavy (non-hydrogen) atoms. The average molecular weight is 374 g/mol. The predicted molar refractivity (Wildman–Crippen MR) is 98.9 cm³/mol. The molecule has 0 radical (unpaired) electrons. The van der Waals surface area contributed by atoms with Gasteiger partial charge in [-0.05, 0) is 25.0 Å². The first kappa shape index (κ1) is 18.5. The summed E-state index contributed by atoms with van der Waals surface area (Å²) in [5.41, 5.74) is 10.7. The third kappa shape index (κ3) is 3.80. The molecule has 2 heterocycles. The molecule has 1 aromatic heterocycles. The number of quaternary nitrogens is 1. The first-order valence-corrected chi connectivity index (χ1v) is 8.41. The first-order chi connectivity index (χ1) is 12.9. The smallest absolute Gasteiger partial charge is 0.276 e. The third-order valence-electron chi connectivity index (χ3n) is 4.45. The number of pyridine rings is 1. The fourth-order valence-electron chi connectivity index (χ4n) is 2.89. The van der Waals surface area contributed by atoms with E-state index in [0.29, 0.717) is 18.7 Å². The molecule has 1 amide bonds. The predicted octanol–water partition coefficient (Wildman–Crippen LogP) is -1.08. The number of amidine groups is 2. The fourth-order valence-corrected chi connectivity index (χ4v) is 2.89. The number of primary amides is 1. The van der Waals surface area contributed by atoms with E-state index < -0.39 is 12.1 Å². The molecule has 0 unspecified atom stereocenters. The zero-order valence-corrected chi connectivity index (χ0v) is 14.7. The zero-order valence-electron chi connectivity index (χ0n) is 14.7. The highest BCUT2D eigenvalue weighted by Gasteiger charge is 2.31. The van der Waals surface area contributed by atoms with Gasteiger partial charge in [-0.3, -0.25) is 9.59 Å². The molecule has 142 valence electrons. The van der Waals surface area contributed by atoms with E-state index in [0.717, 1.165) is 6.20 Å². The van der Waals surface area contributed by atoms with Crippen molar-refractivity contribution in [1.82, 2.24) is 9.88 Å². The van der Waals surface area contributed by atoms with Crippen LogP contribution in [0.15, 0.2) is 56.8 Å². The van der Waals surface area contributed by atoms with Crippen LogP contribution in [0.25, 0.3) is 0 Å². The molecule has 0 saturated heterocycles. The van der Waals surface area contributed by atoms with E-state index in [4.69, 9.17) is 11.5 Å². The second-order valence-corrected chi connectivity index (χ2v) is 6.23. The number of nitrogens with one attached hydrogen (secondary N) is 1. The zero-order chi connectivity index (χ0) is 19.6. The summed E-state index contributed by atoms with van der Waals surface area (Å²) in [7, 11) is 1.69. The molecule has 1 aliphatic heterocycles. The van der Waals surface area contributed by atoms with E-state index in [1.165, 1.54) is 4.57 Å². The van der Waals surface area contributed by atoms with Crippen LogP contribution >= 0.6 is 0 Å². The lowest BCUT2D eigenvalue weighted by Gasteiger charge is -2.31. The number of hydrogen-bond acceptors (Lipinski definition) is 5. The minimum atomic E-state index is -0.866. The van der Waals surface area contributed by atoms with Crippen LogP contribution in [0, 0.1) is 0 Å². The van der Waals surface area contributed by atoms with Crippen molar-refractivity contribution in [2.45, 2.75) is 25.1 Å². The molecule has 1 aromatic rings. The Labute approximate surface area is 154 Å². The molecular formula is C17H21FN7O2+. The van der Waals surface area contributed by atoms with Crippen molar-refractivity contribution >= 4 is 23.3 Å². The van der Waals surface area contributed by atoms with E-state index in [9.17, 15) is 14.0 Å². The Balaban J connectivity index is 1.99. The van der Waals surface area contributed by atoms with Crippen LogP contribution in [0.3, 0.4) is 0 Å². The van der Waals surface area contributed by atoms with Crippen molar-refractivity contribution in [3.63, 3.8) is 0 Å². The number of carbonyl (C=O) groups excluding carboxylic acids is 1. The number of rotatable bonds is 5. The van der Waals surface area contributed by atoms with Crippen molar-refractivity contribution in [3.8, 4) is 0 Å². The summed E-state index contributed by atoms with van der Waals surface area (Å²) in [6.45, 7) is 0. The van der Waals surface area contributed by atoms with Gasteiger partial charge in [0.2, 0.25) is 11.7 Å². The summed E-state index contributed by atoms with van der Waals surface area (Å²) in [4.78, 5) is 32.8. The largest absolute Gasteiger partial charge is 0.404 e. The molecule has 10 heteroatoms. The second-order valence-electron chi connectivity index (χ2n) is 6.23. The summed E-state index contributed by atoms with van der Waals surface area (Å²) in [5, 5.41) is 4.53. The number of alkyl halides is 1. The number of amides is 1. The quantitative estimate of drug-likeness (QED) is 0.486. The number of aromatic nitrogens is 1. The Morgan fingerprint density at radius 2 is 2.26 bits per heavy atom. The van der Waals surface area contributed by atoms with Gasteiger partial charge in [0.05, 0.1) is 6.08 Å². The molecule has 2 aliphatic rings. The minimum Gasteiger partial charge on any atom is -0.404 e. The lowest BCUT2D eigenvalue weighted by molar-refractivity contribution is -0.489. The monoisotopic (exact) mass is 374 g/mol. The highest BCUT2D eigenvalue weighted by atomic mass is 19.1. The first-order valence-electron chi connectivity index (χ1n) is 8.41. The van der Waals surface area contributed by atoms with Gasteiger partial charge >= 0.3 is 0 Å². The maximum absolute atomic E-state index is 13.1. The third-order valence-corrected chi connectivity index (χ3v) is 4.45. The van der Waals surface area contributed by atoms with E-state index in [2.05, 4.69) is 15.3 Å². The van der Waals surface area contributed by atoms with Gasteiger partial charge in [-0.1, -0.05) is 0 Å². The molecule has 1 fully saturated rings. The van der Waals surface area contributed by atoms with Crippen LogP contribution in [0.5, 0.6) is 0 Å². The molecule has 0 spiro atoms. The Bertz CT molecular complexity index is 939. The van der Waals surface area contributed by atoms with E-state index >= 15 is 0 Å². The van der Waals surface area contributed by atoms with Crippen LogP contribution in [0.4, 0.5) is 10.1 Å². The van der Waals surface area contributed by atoms with E-state index in [1.807, 2.05) is 0 Å². The Kier molecular flexibility index (Phi) is 5.17. The second kappa shape index (κ2) is 7.54. The van der Waals surface area contributed by atoms with Crippen molar-refractivity contribution < 1.29 is 14.5 Å². The standard InChI is InChI=1S/C17H20FN7O2/c1-21-13-7-14(24-16(23-13)11(8-19)15(20)26)22-12-3-2-4-25(17(12)27)10-5-9(18)6-10/h2-4,7-10H,5-6,19H2,1H3,(H2,20,26)(H2,21,22,23,24)/p+1. The van der Waals surface area contributed by atoms with Crippen LogP contribution in [0.2, 0.25) is 0 Å². The van der Waals surface area contributed by atoms with Crippen molar-refractivity contribution in [2.24, 2.45) is 21.5 Å². The van der Waals surface area contributed by atoms with Gasteiger partial charge < -0.3 is 21.4 Å². The summed E-state index contributed by atoms with van der Waals surface area (Å²) < 4.78 is 14.6. The van der Waals surface area contributed by atoms with Crippen LogP contribution in [-0.4, -0.2) is 35.4 Å². The molecule has 0 bridgehead atoms. The van der Waals surface area contributed by atoms with Gasteiger partial charge in [0.25, 0.3) is 11.5 Å². The Morgan fingerprint density at radius 3 is 2.85 bits per heavy atom. The summed E-state index contributed by atoms with van der Waals surface area (Å²) in [6.07, 6.45) is 4.11. The maximum atomic E-state index is 13.1.